The minimum absolute atomic E-state index is 0.467. The molecule has 0 amide bonds. The number of alkyl halides is 1. The minimum Gasteiger partial charge on any atom is -0.309 e. The van der Waals surface area contributed by atoms with Gasteiger partial charge in [0.1, 0.15) is 0 Å². The topological polar surface area (TPSA) is 12.0 Å². The van der Waals surface area contributed by atoms with Gasteiger partial charge in [0.15, 0.2) is 0 Å². The predicted octanol–water partition coefficient (Wildman–Crippen LogP) is 4.50. The second-order valence-corrected chi connectivity index (χ2v) is 5.60. The van der Waals surface area contributed by atoms with Crippen LogP contribution in [0.4, 0.5) is 0 Å². The summed E-state index contributed by atoms with van der Waals surface area (Å²) in [6.07, 6.45) is 0. The molecule has 90 valence electrons. The number of hydrogen-bond acceptors (Lipinski definition) is 1. The van der Waals surface area contributed by atoms with Crippen LogP contribution >= 0.6 is 39.1 Å². The van der Waals surface area contributed by atoms with Crippen LogP contribution in [0.5, 0.6) is 0 Å². The molecule has 16 heavy (non-hydrogen) atoms. The van der Waals surface area contributed by atoms with E-state index in [1.54, 1.807) is 0 Å². The smallest absolute Gasteiger partial charge is 0.0595 e. The molecule has 0 aliphatic heterocycles. The van der Waals surface area contributed by atoms with E-state index in [9.17, 15) is 0 Å². The van der Waals surface area contributed by atoms with Gasteiger partial charge in [-0.1, -0.05) is 59.0 Å². The average molecular weight is 325 g/mol. The summed E-state index contributed by atoms with van der Waals surface area (Å²) < 4.78 is 0. The zero-order chi connectivity index (χ0) is 12.1. The fourth-order valence-electron chi connectivity index (χ4n) is 1.37. The van der Waals surface area contributed by atoms with E-state index < -0.39 is 0 Å². The summed E-state index contributed by atoms with van der Waals surface area (Å²) in [4.78, 5) is 0. The number of rotatable bonds is 5. The number of halogens is 3. The van der Waals surface area contributed by atoms with Gasteiger partial charge in [-0.2, -0.15) is 0 Å². The molecule has 1 aromatic carbocycles. The standard InChI is InChI=1S/C12H16BrCl2N/c1-8(2)12(6-13)16-7-9-3-4-10(14)11(15)5-9/h3-5,8,12,16H,6-7H2,1-2H3. The van der Waals surface area contributed by atoms with Gasteiger partial charge >= 0.3 is 0 Å². The second-order valence-electron chi connectivity index (χ2n) is 4.13. The van der Waals surface area contributed by atoms with Crippen molar-refractivity contribution in [2.45, 2.75) is 26.4 Å². The molecule has 0 heterocycles. The number of nitrogens with one attached hydrogen (secondary N) is 1. The largest absolute Gasteiger partial charge is 0.309 e. The van der Waals surface area contributed by atoms with Crippen LogP contribution in [0.15, 0.2) is 18.2 Å². The maximum Gasteiger partial charge on any atom is 0.0595 e. The lowest BCUT2D eigenvalue weighted by atomic mass is 10.1. The third kappa shape index (κ3) is 4.25. The minimum atomic E-state index is 0.467. The SMILES string of the molecule is CC(C)C(CBr)NCc1ccc(Cl)c(Cl)c1. The summed E-state index contributed by atoms with van der Waals surface area (Å²) >= 11 is 15.3. The molecule has 1 atom stereocenters. The maximum absolute atomic E-state index is 5.96. The lowest BCUT2D eigenvalue weighted by Gasteiger charge is -2.20. The Labute approximate surface area is 116 Å². The van der Waals surface area contributed by atoms with Gasteiger partial charge in [0, 0.05) is 17.9 Å². The van der Waals surface area contributed by atoms with Gasteiger partial charge in [-0.3, -0.25) is 0 Å². The molecule has 1 unspecified atom stereocenters. The maximum atomic E-state index is 5.96. The number of benzene rings is 1. The normalized spacial score (nSPS) is 13.1. The van der Waals surface area contributed by atoms with E-state index in [0.717, 1.165) is 17.4 Å². The van der Waals surface area contributed by atoms with Gasteiger partial charge in [0.2, 0.25) is 0 Å². The fraction of sp³-hybridized carbons (Fsp3) is 0.500. The van der Waals surface area contributed by atoms with E-state index in [0.29, 0.717) is 22.0 Å². The molecule has 1 rings (SSSR count). The summed E-state index contributed by atoms with van der Waals surface area (Å²) in [7, 11) is 0. The Kier molecular flexibility index (Phi) is 6.12. The summed E-state index contributed by atoms with van der Waals surface area (Å²) in [6.45, 7) is 5.22. The first-order valence-corrected chi connectivity index (χ1v) is 7.15. The molecule has 4 heteroatoms. The third-order valence-corrected chi connectivity index (χ3v) is 3.96. The van der Waals surface area contributed by atoms with Crippen molar-refractivity contribution in [3.8, 4) is 0 Å². The first-order chi connectivity index (χ1) is 7.54. The Bertz CT molecular complexity index is 342. The number of hydrogen-bond donors (Lipinski definition) is 1. The van der Waals surface area contributed by atoms with Crippen LogP contribution in [-0.2, 0) is 6.54 Å². The molecule has 0 saturated carbocycles. The van der Waals surface area contributed by atoms with Crippen molar-refractivity contribution < 1.29 is 0 Å². The van der Waals surface area contributed by atoms with Crippen molar-refractivity contribution in [1.29, 1.82) is 0 Å². The van der Waals surface area contributed by atoms with Crippen molar-refractivity contribution >= 4 is 39.1 Å². The van der Waals surface area contributed by atoms with E-state index in [-0.39, 0.29) is 0 Å². The molecule has 1 aromatic rings. The molecule has 0 aromatic heterocycles. The second kappa shape index (κ2) is 6.85. The highest BCUT2D eigenvalue weighted by molar-refractivity contribution is 9.09. The van der Waals surface area contributed by atoms with E-state index in [2.05, 4.69) is 35.1 Å². The fourth-order valence-corrected chi connectivity index (χ4v) is 2.66. The summed E-state index contributed by atoms with van der Waals surface area (Å²) in [5.41, 5.74) is 1.15. The Morgan fingerprint density at radius 1 is 1.25 bits per heavy atom. The summed E-state index contributed by atoms with van der Waals surface area (Å²) in [5, 5.41) is 5.65. The highest BCUT2D eigenvalue weighted by Gasteiger charge is 2.10. The first-order valence-electron chi connectivity index (χ1n) is 5.28. The monoisotopic (exact) mass is 323 g/mol. The summed E-state index contributed by atoms with van der Waals surface area (Å²) in [5.74, 6) is 0.599. The molecule has 0 radical (unpaired) electrons. The van der Waals surface area contributed by atoms with Crippen molar-refractivity contribution in [3.63, 3.8) is 0 Å². The Balaban J connectivity index is 2.57. The molecule has 0 fully saturated rings. The van der Waals surface area contributed by atoms with E-state index in [1.807, 2.05) is 18.2 Å². The highest BCUT2D eigenvalue weighted by Crippen LogP contribution is 2.22. The van der Waals surface area contributed by atoms with Gasteiger partial charge in [-0.25, -0.2) is 0 Å². The molecule has 1 N–H and O–H groups in total. The molecule has 1 nitrogen and oxygen atoms in total. The van der Waals surface area contributed by atoms with Crippen molar-refractivity contribution in [2.24, 2.45) is 5.92 Å². The van der Waals surface area contributed by atoms with E-state index in [1.165, 1.54) is 0 Å². The van der Waals surface area contributed by atoms with Gasteiger partial charge in [-0.05, 0) is 23.6 Å². The molecule has 0 bridgehead atoms. The lowest BCUT2D eigenvalue weighted by molar-refractivity contribution is 0.434. The van der Waals surface area contributed by atoms with Crippen LogP contribution in [0.1, 0.15) is 19.4 Å². The molecule has 0 aliphatic rings. The predicted molar refractivity (Wildman–Crippen MR) is 75.7 cm³/mol. The van der Waals surface area contributed by atoms with E-state index >= 15 is 0 Å². The Hall–Kier alpha value is 0.240. The Morgan fingerprint density at radius 2 is 1.94 bits per heavy atom. The van der Waals surface area contributed by atoms with Crippen LogP contribution in [0, 0.1) is 5.92 Å². The van der Waals surface area contributed by atoms with Crippen molar-refractivity contribution in [1.82, 2.24) is 5.32 Å². The Morgan fingerprint density at radius 3 is 2.44 bits per heavy atom. The van der Waals surface area contributed by atoms with Gasteiger partial charge in [0.25, 0.3) is 0 Å². The zero-order valence-electron chi connectivity index (χ0n) is 9.43. The van der Waals surface area contributed by atoms with Crippen LogP contribution in [0.3, 0.4) is 0 Å². The van der Waals surface area contributed by atoms with E-state index in [4.69, 9.17) is 23.2 Å². The molecule has 0 spiro atoms. The third-order valence-electron chi connectivity index (χ3n) is 2.52. The molecule has 0 saturated heterocycles. The van der Waals surface area contributed by atoms with Gasteiger partial charge in [-0.15, -0.1) is 0 Å². The highest BCUT2D eigenvalue weighted by atomic mass is 79.9. The lowest BCUT2D eigenvalue weighted by Crippen LogP contribution is -2.34. The van der Waals surface area contributed by atoms with Crippen LogP contribution in [0.25, 0.3) is 0 Å². The van der Waals surface area contributed by atoms with Crippen LogP contribution < -0.4 is 5.32 Å². The summed E-state index contributed by atoms with van der Waals surface area (Å²) in [6, 6.07) is 6.20. The van der Waals surface area contributed by atoms with Crippen LogP contribution in [-0.4, -0.2) is 11.4 Å². The van der Waals surface area contributed by atoms with Crippen LogP contribution in [0.2, 0.25) is 10.0 Å². The molecule has 0 aliphatic carbocycles. The molecular formula is C12H16BrCl2N. The average Bonchev–Trinajstić information content (AvgIpc) is 2.23. The first kappa shape index (κ1) is 14.3. The van der Waals surface area contributed by atoms with Gasteiger partial charge < -0.3 is 5.32 Å². The van der Waals surface area contributed by atoms with Crippen molar-refractivity contribution in [3.05, 3.63) is 33.8 Å². The van der Waals surface area contributed by atoms with Gasteiger partial charge in [0.05, 0.1) is 10.0 Å². The quantitative estimate of drug-likeness (QED) is 0.786. The zero-order valence-corrected chi connectivity index (χ0v) is 12.5. The molecular weight excluding hydrogens is 309 g/mol. The van der Waals surface area contributed by atoms with Crippen molar-refractivity contribution in [2.75, 3.05) is 5.33 Å².